The zero-order valence-corrected chi connectivity index (χ0v) is 14.9. The third-order valence-corrected chi connectivity index (χ3v) is 3.10. The van der Waals surface area contributed by atoms with E-state index in [0.29, 0.717) is 0 Å². The molecule has 0 aliphatic carbocycles. The van der Waals surface area contributed by atoms with Crippen molar-refractivity contribution in [2.24, 2.45) is 0 Å². The van der Waals surface area contributed by atoms with Gasteiger partial charge in [-0.1, -0.05) is 84.9 Å². The standard InChI is InChI=1S/C18H14.2C2H6O/c1-3-7-15(8-4-1)17-11-13-18(14-12-17)16-9-5-2-6-10-16;2*1-3-2/h1-14H;2*1-2H3. The lowest BCUT2D eigenvalue weighted by Crippen LogP contribution is -1.79. The highest BCUT2D eigenvalue weighted by Crippen LogP contribution is 2.24. The molecule has 0 unspecified atom stereocenters. The Hall–Kier alpha value is -2.42. The van der Waals surface area contributed by atoms with Crippen LogP contribution in [0.3, 0.4) is 0 Å². The van der Waals surface area contributed by atoms with Gasteiger partial charge in [-0.3, -0.25) is 0 Å². The monoisotopic (exact) mass is 322 g/mol. The van der Waals surface area contributed by atoms with Crippen LogP contribution in [-0.2, 0) is 9.47 Å². The number of rotatable bonds is 2. The van der Waals surface area contributed by atoms with Crippen molar-refractivity contribution in [2.75, 3.05) is 28.4 Å². The maximum absolute atomic E-state index is 4.25. The Morgan fingerprint density at radius 3 is 0.833 bits per heavy atom. The molecule has 0 heterocycles. The summed E-state index contributed by atoms with van der Waals surface area (Å²) in [4.78, 5) is 0. The summed E-state index contributed by atoms with van der Waals surface area (Å²) < 4.78 is 8.50. The second-order valence-electron chi connectivity index (χ2n) is 5.13. The highest BCUT2D eigenvalue weighted by molar-refractivity contribution is 5.70. The Bertz CT molecular complexity index is 586. The van der Waals surface area contributed by atoms with Gasteiger partial charge < -0.3 is 9.47 Å². The Kier molecular flexibility index (Phi) is 9.86. The van der Waals surface area contributed by atoms with Gasteiger partial charge in [0.1, 0.15) is 0 Å². The van der Waals surface area contributed by atoms with Gasteiger partial charge in [-0.2, -0.15) is 0 Å². The van der Waals surface area contributed by atoms with E-state index in [4.69, 9.17) is 0 Å². The second kappa shape index (κ2) is 12.1. The highest BCUT2D eigenvalue weighted by atomic mass is 16.5. The van der Waals surface area contributed by atoms with Crippen LogP contribution in [0, 0.1) is 0 Å². The number of ether oxygens (including phenoxy) is 2. The molecule has 3 rings (SSSR count). The minimum atomic E-state index is 1.26. The van der Waals surface area contributed by atoms with Crippen molar-refractivity contribution in [3.8, 4) is 22.3 Å². The Labute approximate surface area is 145 Å². The molecule has 3 aromatic rings. The lowest BCUT2D eigenvalue weighted by molar-refractivity contribution is 0.277. The summed E-state index contributed by atoms with van der Waals surface area (Å²) in [5, 5.41) is 0. The molecule has 24 heavy (non-hydrogen) atoms. The Balaban J connectivity index is 0.000000423. The SMILES string of the molecule is COC.COC.c1ccc(-c2ccc(-c3ccccc3)cc2)cc1. The summed E-state index contributed by atoms with van der Waals surface area (Å²) in [7, 11) is 6.50. The van der Waals surface area contributed by atoms with E-state index < -0.39 is 0 Å². The smallest absolute Gasteiger partial charge is 0.0351 e. The fourth-order valence-electron chi connectivity index (χ4n) is 2.12. The minimum Gasteiger partial charge on any atom is -0.388 e. The fourth-order valence-corrected chi connectivity index (χ4v) is 2.12. The molecule has 2 heteroatoms. The normalized spacial score (nSPS) is 9.17. The van der Waals surface area contributed by atoms with Crippen LogP contribution in [0.15, 0.2) is 84.9 Å². The van der Waals surface area contributed by atoms with E-state index in [1.165, 1.54) is 22.3 Å². The molecule has 0 aromatic heterocycles. The molecule has 3 aromatic carbocycles. The van der Waals surface area contributed by atoms with Crippen molar-refractivity contribution in [1.82, 2.24) is 0 Å². The van der Waals surface area contributed by atoms with Crippen molar-refractivity contribution in [3.63, 3.8) is 0 Å². The molecule has 0 fully saturated rings. The van der Waals surface area contributed by atoms with Crippen molar-refractivity contribution >= 4 is 0 Å². The highest BCUT2D eigenvalue weighted by Gasteiger charge is 1.98. The van der Waals surface area contributed by atoms with Crippen molar-refractivity contribution < 1.29 is 9.47 Å². The Morgan fingerprint density at radius 2 is 0.583 bits per heavy atom. The van der Waals surface area contributed by atoms with E-state index in [-0.39, 0.29) is 0 Å². The average molecular weight is 322 g/mol. The Morgan fingerprint density at radius 1 is 0.375 bits per heavy atom. The molecule has 2 nitrogen and oxygen atoms in total. The second-order valence-corrected chi connectivity index (χ2v) is 5.13. The van der Waals surface area contributed by atoms with Crippen LogP contribution in [0.2, 0.25) is 0 Å². The molecule has 0 aliphatic heterocycles. The van der Waals surface area contributed by atoms with Crippen LogP contribution in [0.1, 0.15) is 0 Å². The van der Waals surface area contributed by atoms with Crippen LogP contribution in [0.4, 0.5) is 0 Å². The molecule has 0 saturated heterocycles. The fraction of sp³-hybridized carbons (Fsp3) is 0.182. The van der Waals surface area contributed by atoms with E-state index in [0.717, 1.165) is 0 Å². The lowest BCUT2D eigenvalue weighted by atomic mass is 10.0. The van der Waals surface area contributed by atoms with E-state index in [2.05, 4.69) is 82.3 Å². The summed E-state index contributed by atoms with van der Waals surface area (Å²) in [6, 6.07) is 29.6. The molecule has 0 atom stereocenters. The van der Waals surface area contributed by atoms with Crippen LogP contribution in [0.25, 0.3) is 22.3 Å². The number of benzene rings is 3. The summed E-state index contributed by atoms with van der Waals surface area (Å²) in [6.07, 6.45) is 0. The first-order chi connectivity index (χ1) is 11.8. The molecule has 0 N–H and O–H groups in total. The summed E-state index contributed by atoms with van der Waals surface area (Å²) >= 11 is 0. The molecule has 126 valence electrons. The van der Waals surface area contributed by atoms with Gasteiger partial charge in [0.15, 0.2) is 0 Å². The number of hydrogen-bond acceptors (Lipinski definition) is 2. The van der Waals surface area contributed by atoms with E-state index in [1.807, 2.05) is 12.1 Å². The largest absolute Gasteiger partial charge is 0.388 e. The summed E-state index contributed by atoms with van der Waals surface area (Å²) in [6.45, 7) is 0. The van der Waals surface area contributed by atoms with Gasteiger partial charge in [0.2, 0.25) is 0 Å². The molecule has 0 radical (unpaired) electrons. The maximum Gasteiger partial charge on any atom is 0.0351 e. The molecule has 0 aliphatic rings. The number of hydrogen-bond donors (Lipinski definition) is 0. The van der Waals surface area contributed by atoms with Gasteiger partial charge in [0, 0.05) is 28.4 Å². The summed E-state index contributed by atoms with van der Waals surface area (Å²) in [5.41, 5.74) is 5.04. The number of methoxy groups -OCH3 is 2. The molecule has 0 amide bonds. The van der Waals surface area contributed by atoms with Crippen molar-refractivity contribution in [1.29, 1.82) is 0 Å². The molecular weight excluding hydrogens is 296 g/mol. The van der Waals surface area contributed by atoms with Gasteiger partial charge >= 0.3 is 0 Å². The zero-order chi connectivity index (χ0) is 17.6. The van der Waals surface area contributed by atoms with E-state index in [1.54, 1.807) is 28.4 Å². The van der Waals surface area contributed by atoms with Gasteiger partial charge in [-0.05, 0) is 22.3 Å². The van der Waals surface area contributed by atoms with Gasteiger partial charge in [0.25, 0.3) is 0 Å². The molecule has 0 spiro atoms. The third kappa shape index (κ3) is 6.78. The first-order valence-electron chi connectivity index (χ1n) is 7.78. The molecule has 0 bridgehead atoms. The van der Waals surface area contributed by atoms with E-state index >= 15 is 0 Å². The van der Waals surface area contributed by atoms with Crippen LogP contribution >= 0.6 is 0 Å². The van der Waals surface area contributed by atoms with Gasteiger partial charge in [-0.15, -0.1) is 0 Å². The first kappa shape index (κ1) is 19.6. The maximum atomic E-state index is 4.25. The van der Waals surface area contributed by atoms with Gasteiger partial charge in [0.05, 0.1) is 0 Å². The molecular formula is C22H26O2. The molecule has 0 saturated carbocycles. The predicted octanol–water partition coefficient (Wildman–Crippen LogP) is 5.55. The summed E-state index contributed by atoms with van der Waals surface area (Å²) in [5.74, 6) is 0. The topological polar surface area (TPSA) is 18.5 Å². The van der Waals surface area contributed by atoms with Gasteiger partial charge in [-0.25, -0.2) is 0 Å². The third-order valence-electron chi connectivity index (χ3n) is 3.10. The quantitative estimate of drug-likeness (QED) is 0.616. The zero-order valence-electron chi connectivity index (χ0n) is 14.9. The van der Waals surface area contributed by atoms with Crippen LogP contribution < -0.4 is 0 Å². The lowest BCUT2D eigenvalue weighted by Gasteiger charge is -2.04. The van der Waals surface area contributed by atoms with E-state index in [9.17, 15) is 0 Å². The van der Waals surface area contributed by atoms with Crippen molar-refractivity contribution in [2.45, 2.75) is 0 Å². The predicted molar refractivity (Wildman–Crippen MR) is 103 cm³/mol. The van der Waals surface area contributed by atoms with Crippen molar-refractivity contribution in [3.05, 3.63) is 84.9 Å². The van der Waals surface area contributed by atoms with Crippen LogP contribution in [0.5, 0.6) is 0 Å². The first-order valence-corrected chi connectivity index (χ1v) is 7.78. The minimum absolute atomic E-state index is 1.26. The average Bonchev–Trinajstić information content (AvgIpc) is 2.65. The van der Waals surface area contributed by atoms with Crippen LogP contribution in [-0.4, -0.2) is 28.4 Å².